The van der Waals surface area contributed by atoms with Gasteiger partial charge >= 0.3 is 0 Å². The number of thiocarbonyl (C=S) groups is 1. The van der Waals surface area contributed by atoms with Gasteiger partial charge in [0.25, 0.3) is 0 Å². The molecule has 146 valence electrons. The maximum absolute atomic E-state index is 12.2. The third kappa shape index (κ3) is 10.4. The molecule has 0 aromatic heterocycles. The second kappa shape index (κ2) is 12.7. The molecular formula is C21H35N3OS. The van der Waals surface area contributed by atoms with Gasteiger partial charge in [-0.25, -0.2) is 0 Å². The van der Waals surface area contributed by atoms with Gasteiger partial charge in [-0.15, -0.1) is 0 Å². The fraction of sp³-hybridized carbons (Fsp3) is 0.619. The van der Waals surface area contributed by atoms with Crippen molar-refractivity contribution in [3.05, 3.63) is 36.0 Å². The molecule has 0 aromatic carbocycles. The van der Waals surface area contributed by atoms with Gasteiger partial charge in [0.05, 0.1) is 0 Å². The van der Waals surface area contributed by atoms with Gasteiger partial charge in [-0.3, -0.25) is 4.79 Å². The van der Waals surface area contributed by atoms with Gasteiger partial charge in [0.2, 0.25) is 5.91 Å². The molecule has 1 saturated carbocycles. The minimum atomic E-state index is -0.171. The summed E-state index contributed by atoms with van der Waals surface area (Å²) in [6.45, 7) is 8.21. The molecule has 5 heteroatoms. The Balaban J connectivity index is 2.55. The first-order chi connectivity index (χ1) is 12.4. The van der Waals surface area contributed by atoms with Crippen LogP contribution in [-0.2, 0) is 4.79 Å². The summed E-state index contributed by atoms with van der Waals surface area (Å²) < 4.78 is 0. The molecule has 1 amide bonds. The van der Waals surface area contributed by atoms with E-state index < -0.39 is 0 Å². The Morgan fingerprint density at radius 2 is 1.85 bits per heavy atom. The molecule has 0 aliphatic heterocycles. The molecule has 0 bridgehead atoms. The van der Waals surface area contributed by atoms with Crippen LogP contribution >= 0.6 is 12.2 Å². The van der Waals surface area contributed by atoms with Crippen LogP contribution in [0.15, 0.2) is 36.0 Å². The molecule has 1 aliphatic carbocycles. The van der Waals surface area contributed by atoms with Crippen molar-refractivity contribution in [1.82, 2.24) is 16.0 Å². The van der Waals surface area contributed by atoms with Gasteiger partial charge in [0.15, 0.2) is 5.11 Å². The monoisotopic (exact) mass is 377 g/mol. The van der Waals surface area contributed by atoms with Crippen LogP contribution < -0.4 is 16.0 Å². The Hall–Kier alpha value is -1.62. The number of hydrogen-bond donors (Lipinski definition) is 3. The largest absolute Gasteiger partial charge is 0.360 e. The molecule has 4 nitrogen and oxygen atoms in total. The summed E-state index contributed by atoms with van der Waals surface area (Å²) in [5.74, 6) is 0.336. The van der Waals surface area contributed by atoms with Crippen molar-refractivity contribution in [2.24, 2.45) is 5.92 Å². The quantitative estimate of drug-likeness (QED) is 0.255. The van der Waals surface area contributed by atoms with Gasteiger partial charge in [-0.1, -0.05) is 63.0 Å². The van der Waals surface area contributed by atoms with Crippen LogP contribution in [0.5, 0.6) is 0 Å². The maximum Gasteiger partial charge on any atom is 0.245 e. The topological polar surface area (TPSA) is 53.2 Å². The van der Waals surface area contributed by atoms with Crippen molar-refractivity contribution in [3.63, 3.8) is 0 Å². The minimum absolute atomic E-state index is 0.114. The Bertz CT molecular complexity index is 531. The second-order valence-corrected chi connectivity index (χ2v) is 7.82. The molecule has 0 saturated heterocycles. The van der Waals surface area contributed by atoms with Crippen LogP contribution in [0.4, 0.5) is 0 Å². The first kappa shape index (κ1) is 22.4. The number of amides is 1. The summed E-state index contributed by atoms with van der Waals surface area (Å²) in [5, 5.41) is 10.3. The van der Waals surface area contributed by atoms with E-state index in [0.29, 0.717) is 17.1 Å². The molecular weight excluding hydrogens is 342 g/mol. The van der Waals surface area contributed by atoms with Crippen LogP contribution in [0, 0.1) is 5.92 Å². The maximum atomic E-state index is 12.2. The summed E-state index contributed by atoms with van der Waals surface area (Å²) in [6, 6.07) is 0.457. The van der Waals surface area contributed by atoms with E-state index in [-0.39, 0.29) is 12.1 Å². The van der Waals surface area contributed by atoms with E-state index in [1.165, 1.54) is 32.1 Å². The molecule has 1 atom stereocenters. The van der Waals surface area contributed by atoms with Crippen molar-refractivity contribution in [1.29, 1.82) is 0 Å². The standard InChI is InChI=1S/C21H35N3OS/c1-5-6-10-17(4)13-14-20(25)23-19(15-16(2)3)24-21(26)22-18-11-8-7-9-12-18/h5-6,10,13-14,16,18-19H,7-9,11-12,15H2,1-4H3,(H,23,25)(H2,22,24,26)/b6-5-,14-13+,17-10+. The fourth-order valence-electron chi connectivity index (χ4n) is 2.99. The van der Waals surface area contributed by atoms with E-state index >= 15 is 0 Å². The highest BCUT2D eigenvalue weighted by Gasteiger charge is 2.17. The highest BCUT2D eigenvalue weighted by molar-refractivity contribution is 7.80. The summed E-state index contributed by atoms with van der Waals surface area (Å²) >= 11 is 5.46. The van der Waals surface area contributed by atoms with Crippen LogP contribution in [0.3, 0.4) is 0 Å². The average molecular weight is 378 g/mol. The molecule has 1 fully saturated rings. The van der Waals surface area contributed by atoms with Crippen molar-refractivity contribution in [2.75, 3.05) is 0 Å². The van der Waals surface area contributed by atoms with Gasteiger partial charge in [0.1, 0.15) is 6.17 Å². The molecule has 0 radical (unpaired) electrons. The molecule has 1 rings (SSSR count). The Morgan fingerprint density at radius 3 is 2.46 bits per heavy atom. The van der Waals surface area contributed by atoms with Crippen molar-refractivity contribution in [2.45, 2.75) is 78.4 Å². The SMILES string of the molecule is C\C=C/C=C(C)/C=C/C(=O)NC(CC(C)C)NC(=S)NC1CCCCC1. The summed E-state index contributed by atoms with van der Waals surface area (Å²) in [4.78, 5) is 12.2. The Kier molecular flexibility index (Phi) is 10.9. The molecule has 1 unspecified atom stereocenters. The molecule has 3 N–H and O–H groups in total. The van der Waals surface area contributed by atoms with E-state index in [9.17, 15) is 4.79 Å². The van der Waals surface area contributed by atoms with Crippen LogP contribution in [0.2, 0.25) is 0 Å². The minimum Gasteiger partial charge on any atom is -0.360 e. The van der Waals surface area contributed by atoms with Gasteiger partial charge in [-0.05, 0) is 51.2 Å². The lowest BCUT2D eigenvalue weighted by molar-refractivity contribution is -0.117. The first-order valence-electron chi connectivity index (χ1n) is 9.76. The number of allylic oxidation sites excluding steroid dienone is 5. The smallest absolute Gasteiger partial charge is 0.245 e. The van der Waals surface area contributed by atoms with E-state index in [1.807, 2.05) is 38.2 Å². The summed E-state index contributed by atoms with van der Waals surface area (Å²) in [6.07, 6.45) is 16.1. The molecule has 26 heavy (non-hydrogen) atoms. The number of nitrogens with one attached hydrogen (secondary N) is 3. The van der Waals surface area contributed by atoms with E-state index in [2.05, 4.69) is 29.8 Å². The lowest BCUT2D eigenvalue weighted by Crippen LogP contribution is -2.53. The predicted molar refractivity (Wildman–Crippen MR) is 115 cm³/mol. The Morgan fingerprint density at radius 1 is 1.15 bits per heavy atom. The molecule has 0 spiro atoms. The van der Waals surface area contributed by atoms with Gasteiger partial charge in [-0.2, -0.15) is 0 Å². The van der Waals surface area contributed by atoms with Gasteiger partial charge in [0, 0.05) is 12.1 Å². The van der Waals surface area contributed by atoms with Crippen molar-refractivity contribution in [3.8, 4) is 0 Å². The molecule has 0 heterocycles. The first-order valence-corrected chi connectivity index (χ1v) is 10.2. The van der Waals surface area contributed by atoms with Crippen molar-refractivity contribution >= 4 is 23.2 Å². The lowest BCUT2D eigenvalue weighted by Gasteiger charge is -2.28. The number of carbonyl (C=O) groups excluding carboxylic acids is 1. The highest BCUT2D eigenvalue weighted by Crippen LogP contribution is 2.17. The zero-order chi connectivity index (χ0) is 19.4. The van der Waals surface area contributed by atoms with E-state index in [1.54, 1.807) is 6.08 Å². The second-order valence-electron chi connectivity index (χ2n) is 7.41. The zero-order valence-corrected chi connectivity index (χ0v) is 17.5. The van der Waals surface area contributed by atoms with Crippen LogP contribution in [0.1, 0.15) is 66.2 Å². The van der Waals surface area contributed by atoms with Crippen molar-refractivity contribution < 1.29 is 4.79 Å². The number of rotatable bonds is 8. The van der Waals surface area contributed by atoms with Gasteiger partial charge < -0.3 is 16.0 Å². The van der Waals surface area contributed by atoms with Crippen LogP contribution in [0.25, 0.3) is 0 Å². The average Bonchev–Trinajstić information content (AvgIpc) is 2.58. The van der Waals surface area contributed by atoms with E-state index in [0.717, 1.165) is 12.0 Å². The molecule has 0 aromatic rings. The third-order valence-electron chi connectivity index (χ3n) is 4.32. The number of carbonyl (C=O) groups is 1. The van der Waals surface area contributed by atoms with Crippen LogP contribution in [-0.4, -0.2) is 23.2 Å². The predicted octanol–water partition coefficient (Wildman–Crippen LogP) is 4.35. The lowest BCUT2D eigenvalue weighted by atomic mass is 9.96. The molecule has 1 aliphatic rings. The fourth-order valence-corrected chi connectivity index (χ4v) is 3.30. The van der Waals surface area contributed by atoms with E-state index in [4.69, 9.17) is 12.2 Å². The highest BCUT2D eigenvalue weighted by atomic mass is 32.1. The Labute approximate surface area is 164 Å². The zero-order valence-electron chi connectivity index (χ0n) is 16.7. The third-order valence-corrected chi connectivity index (χ3v) is 4.55. The summed E-state index contributed by atoms with van der Waals surface area (Å²) in [7, 11) is 0. The normalized spacial score (nSPS) is 17.7. The number of hydrogen-bond acceptors (Lipinski definition) is 2. The summed E-state index contributed by atoms with van der Waals surface area (Å²) in [5.41, 5.74) is 1.03.